The van der Waals surface area contributed by atoms with Crippen LogP contribution in [0.25, 0.3) is 28.8 Å². The number of carbonyl (C=O) groups excluding carboxylic acids is 1. The second-order valence-electron chi connectivity index (χ2n) is 6.36. The number of hydrogen-bond acceptors (Lipinski definition) is 4. The van der Waals surface area contributed by atoms with Gasteiger partial charge in [0.05, 0.1) is 0 Å². The average Bonchev–Trinajstić information content (AvgIpc) is 3.13. The molecule has 0 aliphatic carbocycles. The Morgan fingerprint density at radius 3 is 2.76 bits per heavy atom. The van der Waals surface area contributed by atoms with Crippen molar-refractivity contribution in [3.63, 3.8) is 0 Å². The van der Waals surface area contributed by atoms with Crippen LogP contribution in [0.2, 0.25) is 10.0 Å². The number of pyridine rings is 1. The number of nitrogens with zero attached hydrogens (tertiary/aromatic N) is 2. The molecule has 0 fully saturated rings. The molecule has 0 saturated heterocycles. The quantitative estimate of drug-likeness (QED) is 0.399. The molecule has 0 spiro atoms. The topological polar surface area (TPSA) is 68.0 Å². The van der Waals surface area contributed by atoms with E-state index >= 15 is 0 Å². The van der Waals surface area contributed by atoms with Gasteiger partial charge in [0.2, 0.25) is 11.8 Å². The second kappa shape index (κ2) is 8.07. The number of hydrogen-bond donors (Lipinski definition) is 1. The van der Waals surface area contributed by atoms with Crippen molar-refractivity contribution in [1.29, 1.82) is 0 Å². The third kappa shape index (κ3) is 4.31. The summed E-state index contributed by atoms with van der Waals surface area (Å²) in [7, 11) is 0. The summed E-state index contributed by atoms with van der Waals surface area (Å²) in [4.78, 5) is 20.9. The highest BCUT2D eigenvalue weighted by Crippen LogP contribution is 2.27. The molecule has 0 bridgehead atoms. The lowest BCUT2D eigenvalue weighted by molar-refractivity contribution is -0.111. The molecular weight excluding hydrogens is 409 g/mol. The number of fused-ring (bicyclic) bond motifs is 1. The van der Waals surface area contributed by atoms with Gasteiger partial charge in [0, 0.05) is 33.6 Å². The van der Waals surface area contributed by atoms with Crippen molar-refractivity contribution in [3.05, 3.63) is 82.0 Å². The zero-order chi connectivity index (χ0) is 20.4. The zero-order valence-corrected chi connectivity index (χ0v) is 16.8. The molecule has 5 nitrogen and oxygen atoms in total. The van der Waals surface area contributed by atoms with Gasteiger partial charge in [-0.1, -0.05) is 29.3 Å². The van der Waals surface area contributed by atoms with Gasteiger partial charge >= 0.3 is 0 Å². The minimum atomic E-state index is -0.266. The minimum absolute atomic E-state index is 0.266. The van der Waals surface area contributed by atoms with E-state index in [0.29, 0.717) is 38.4 Å². The molecule has 7 heteroatoms. The number of benzene rings is 2. The number of amides is 1. The van der Waals surface area contributed by atoms with E-state index in [2.05, 4.69) is 15.3 Å². The van der Waals surface area contributed by atoms with Gasteiger partial charge in [-0.05, 0) is 66.6 Å². The molecule has 0 unspecified atom stereocenters. The van der Waals surface area contributed by atoms with Gasteiger partial charge in [-0.2, -0.15) is 4.98 Å². The molecule has 0 radical (unpaired) electrons. The van der Waals surface area contributed by atoms with Gasteiger partial charge < -0.3 is 9.73 Å². The zero-order valence-electron chi connectivity index (χ0n) is 15.3. The molecule has 0 saturated carbocycles. The first kappa shape index (κ1) is 19.2. The Kier molecular flexibility index (Phi) is 5.34. The van der Waals surface area contributed by atoms with E-state index in [4.69, 9.17) is 27.6 Å². The fraction of sp³-hybridized carbons (Fsp3) is 0.0455. The van der Waals surface area contributed by atoms with E-state index in [-0.39, 0.29) is 5.91 Å². The number of halogens is 2. The summed E-state index contributed by atoms with van der Waals surface area (Å²) in [5.41, 5.74) is 4.28. The number of rotatable bonds is 4. The summed E-state index contributed by atoms with van der Waals surface area (Å²) in [5.74, 6) is 0.217. The minimum Gasteiger partial charge on any atom is -0.434 e. The molecule has 0 aliphatic heterocycles. The molecular formula is C22H15Cl2N3O2. The van der Waals surface area contributed by atoms with Gasteiger partial charge in [-0.3, -0.25) is 4.79 Å². The summed E-state index contributed by atoms with van der Waals surface area (Å²) < 4.78 is 5.74. The van der Waals surface area contributed by atoms with Crippen LogP contribution >= 0.6 is 23.2 Å². The first-order chi connectivity index (χ1) is 14.0. The standard InChI is InChI=1S/C22H15Cl2N3O2/c1-13-11-15(22-27-21-19(29-22)3-2-10-25-21)5-8-18(13)26-20(28)9-6-14-4-7-16(23)12-17(14)24/h2-12H,1H3,(H,26,28)/b9-6+. The second-order valence-corrected chi connectivity index (χ2v) is 7.21. The van der Waals surface area contributed by atoms with Crippen LogP contribution in [-0.4, -0.2) is 15.9 Å². The molecule has 29 heavy (non-hydrogen) atoms. The Morgan fingerprint density at radius 1 is 1.14 bits per heavy atom. The monoisotopic (exact) mass is 423 g/mol. The molecule has 2 aromatic heterocycles. The predicted octanol–water partition coefficient (Wildman–Crippen LogP) is 6.16. The molecule has 2 heterocycles. The van der Waals surface area contributed by atoms with Crippen molar-refractivity contribution < 1.29 is 9.21 Å². The fourth-order valence-electron chi connectivity index (χ4n) is 2.81. The van der Waals surface area contributed by atoms with Crippen molar-refractivity contribution >= 4 is 52.1 Å². The molecule has 144 valence electrons. The number of carbonyl (C=O) groups is 1. The van der Waals surface area contributed by atoms with Crippen LogP contribution in [0.15, 0.2) is 65.2 Å². The van der Waals surface area contributed by atoms with E-state index in [0.717, 1.165) is 11.1 Å². The predicted molar refractivity (Wildman–Crippen MR) is 116 cm³/mol. The van der Waals surface area contributed by atoms with E-state index in [1.165, 1.54) is 6.08 Å². The Balaban J connectivity index is 1.50. The van der Waals surface area contributed by atoms with Gasteiger partial charge in [-0.25, -0.2) is 4.98 Å². The van der Waals surface area contributed by atoms with Gasteiger partial charge in [0.15, 0.2) is 11.2 Å². The number of aromatic nitrogens is 2. The van der Waals surface area contributed by atoms with Crippen LogP contribution in [0.4, 0.5) is 5.69 Å². The number of nitrogens with one attached hydrogen (secondary N) is 1. The summed E-state index contributed by atoms with van der Waals surface area (Å²) in [6.45, 7) is 1.90. The normalized spacial score (nSPS) is 11.3. The molecule has 0 aliphatic rings. The summed E-state index contributed by atoms with van der Waals surface area (Å²) >= 11 is 12.0. The van der Waals surface area contributed by atoms with Gasteiger partial charge in [0.1, 0.15) is 0 Å². The van der Waals surface area contributed by atoms with Crippen molar-refractivity contribution in [2.45, 2.75) is 6.92 Å². The highest BCUT2D eigenvalue weighted by molar-refractivity contribution is 6.35. The van der Waals surface area contributed by atoms with Crippen LogP contribution in [0.3, 0.4) is 0 Å². The van der Waals surface area contributed by atoms with Crippen LogP contribution in [0.5, 0.6) is 0 Å². The smallest absolute Gasteiger partial charge is 0.248 e. The van der Waals surface area contributed by atoms with Crippen LogP contribution in [-0.2, 0) is 4.79 Å². The highest BCUT2D eigenvalue weighted by atomic mass is 35.5. The third-order valence-electron chi connectivity index (χ3n) is 4.27. The number of oxazole rings is 1. The Morgan fingerprint density at radius 2 is 2.00 bits per heavy atom. The van der Waals surface area contributed by atoms with E-state index in [1.807, 2.05) is 31.2 Å². The Bertz CT molecular complexity index is 1220. The van der Waals surface area contributed by atoms with Crippen LogP contribution in [0, 0.1) is 6.92 Å². The molecule has 1 N–H and O–H groups in total. The SMILES string of the molecule is Cc1cc(-c2nc3ncccc3o2)ccc1NC(=O)/C=C/c1ccc(Cl)cc1Cl. The summed E-state index contributed by atoms with van der Waals surface area (Å²) in [5, 5.41) is 3.88. The fourth-order valence-corrected chi connectivity index (χ4v) is 3.28. The molecule has 1 amide bonds. The summed E-state index contributed by atoms with van der Waals surface area (Å²) in [6, 6.07) is 14.3. The average molecular weight is 424 g/mol. The molecule has 2 aromatic carbocycles. The third-order valence-corrected chi connectivity index (χ3v) is 4.84. The van der Waals surface area contributed by atoms with Crippen LogP contribution in [0.1, 0.15) is 11.1 Å². The molecule has 0 atom stereocenters. The lowest BCUT2D eigenvalue weighted by atomic mass is 10.1. The Hall–Kier alpha value is -3.15. The van der Waals surface area contributed by atoms with Gasteiger partial charge in [-0.15, -0.1) is 0 Å². The maximum Gasteiger partial charge on any atom is 0.248 e. The summed E-state index contributed by atoms with van der Waals surface area (Å²) in [6.07, 6.45) is 4.74. The molecule has 4 rings (SSSR count). The maximum absolute atomic E-state index is 12.3. The molecule has 4 aromatic rings. The number of anilines is 1. The lowest BCUT2D eigenvalue weighted by Gasteiger charge is -2.07. The van der Waals surface area contributed by atoms with E-state index in [9.17, 15) is 4.79 Å². The highest BCUT2D eigenvalue weighted by Gasteiger charge is 2.11. The largest absolute Gasteiger partial charge is 0.434 e. The van der Waals surface area contributed by atoms with Gasteiger partial charge in [0.25, 0.3) is 0 Å². The van der Waals surface area contributed by atoms with E-state index < -0.39 is 0 Å². The van der Waals surface area contributed by atoms with Crippen molar-refractivity contribution in [1.82, 2.24) is 9.97 Å². The van der Waals surface area contributed by atoms with Crippen LogP contribution < -0.4 is 5.32 Å². The van der Waals surface area contributed by atoms with Crippen molar-refractivity contribution in [2.24, 2.45) is 0 Å². The first-order valence-corrected chi connectivity index (χ1v) is 9.52. The number of aryl methyl sites for hydroxylation is 1. The lowest BCUT2D eigenvalue weighted by Crippen LogP contribution is -2.08. The Labute approximate surface area is 177 Å². The van der Waals surface area contributed by atoms with Crippen molar-refractivity contribution in [3.8, 4) is 11.5 Å². The van der Waals surface area contributed by atoms with E-state index in [1.54, 1.807) is 36.5 Å². The van der Waals surface area contributed by atoms with Crippen molar-refractivity contribution in [2.75, 3.05) is 5.32 Å². The first-order valence-electron chi connectivity index (χ1n) is 8.76. The maximum atomic E-state index is 12.3.